The molecule has 4 rings (SSSR count). The molecule has 0 saturated carbocycles. The quantitative estimate of drug-likeness (QED) is 0.569. The summed E-state index contributed by atoms with van der Waals surface area (Å²) in [7, 11) is 0. The van der Waals surface area contributed by atoms with Gasteiger partial charge in [-0.05, 0) is 108 Å². The Morgan fingerprint density at radius 1 is 0.933 bits per heavy atom. The van der Waals surface area contributed by atoms with Crippen molar-refractivity contribution >= 4 is 0 Å². The number of hydrogen-bond acceptors (Lipinski definition) is 4. The fourth-order valence-electron chi connectivity index (χ4n) is 6.76. The summed E-state index contributed by atoms with van der Waals surface area (Å²) in [5, 5.41) is 26.3. The minimum atomic E-state index is -0.895. The number of rotatable bonds is 1. The van der Waals surface area contributed by atoms with Gasteiger partial charge in [0.2, 0.25) is 0 Å². The van der Waals surface area contributed by atoms with Crippen molar-refractivity contribution in [1.82, 2.24) is 10.2 Å². The van der Waals surface area contributed by atoms with E-state index in [1.165, 1.54) is 19.3 Å². The molecular weight excluding hydrogens is 372 g/mol. The SMILES string of the molecule is OCC1=CC2(O)CCC=CCCCCN3CCC1C1(CCC=CCCCCNC21)C3. The van der Waals surface area contributed by atoms with Crippen molar-refractivity contribution in [3.05, 3.63) is 36.0 Å². The molecular formula is C26H42N2O2. The maximum absolute atomic E-state index is 12.1. The number of fused-ring (bicyclic) bond motifs is 1. The van der Waals surface area contributed by atoms with Crippen molar-refractivity contribution in [3.63, 3.8) is 0 Å². The molecule has 0 aromatic heterocycles. The zero-order chi connectivity index (χ0) is 20.9. The van der Waals surface area contributed by atoms with Crippen LogP contribution in [0.1, 0.15) is 70.6 Å². The second-order valence-corrected chi connectivity index (χ2v) is 10.1. The van der Waals surface area contributed by atoms with Crippen LogP contribution in [0.2, 0.25) is 0 Å². The molecule has 30 heavy (non-hydrogen) atoms. The Hall–Kier alpha value is -0.940. The first-order valence-corrected chi connectivity index (χ1v) is 12.5. The van der Waals surface area contributed by atoms with Crippen molar-refractivity contribution in [2.24, 2.45) is 11.3 Å². The Balaban J connectivity index is 1.78. The van der Waals surface area contributed by atoms with Gasteiger partial charge in [0.05, 0.1) is 12.2 Å². The van der Waals surface area contributed by atoms with Gasteiger partial charge in [0, 0.05) is 18.0 Å². The fourth-order valence-corrected chi connectivity index (χ4v) is 6.76. The number of piperidine rings is 1. The molecule has 0 radical (unpaired) electrons. The molecule has 3 aliphatic heterocycles. The summed E-state index contributed by atoms with van der Waals surface area (Å²) in [6.07, 6.45) is 23.4. The summed E-state index contributed by atoms with van der Waals surface area (Å²) < 4.78 is 0. The van der Waals surface area contributed by atoms with Crippen LogP contribution in [0.5, 0.6) is 0 Å². The predicted octanol–water partition coefficient (Wildman–Crippen LogP) is 3.96. The maximum atomic E-state index is 12.1. The van der Waals surface area contributed by atoms with Crippen LogP contribution in [0, 0.1) is 11.3 Å². The van der Waals surface area contributed by atoms with Crippen LogP contribution in [-0.4, -0.2) is 59.5 Å². The minimum absolute atomic E-state index is 0.0216. The summed E-state index contributed by atoms with van der Waals surface area (Å²) in [6, 6.07) is 0.0498. The zero-order valence-electron chi connectivity index (χ0n) is 18.7. The summed E-state index contributed by atoms with van der Waals surface area (Å²) >= 11 is 0. The number of hydrogen-bond donors (Lipinski definition) is 3. The maximum Gasteiger partial charge on any atom is 0.0992 e. The van der Waals surface area contributed by atoms with Gasteiger partial charge in [-0.25, -0.2) is 0 Å². The average Bonchev–Trinajstić information content (AvgIpc) is 2.79. The first kappa shape index (κ1) is 22.3. The molecule has 4 heteroatoms. The topological polar surface area (TPSA) is 55.7 Å². The molecule has 1 saturated heterocycles. The van der Waals surface area contributed by atoms with E-state index in [0.717, 1.165) is 83.1 Å². The predicted molar refractivity (Wildman–Crippen MR) is 123 cm³/mol. The van der Waals surface area contributed by atoms with Crippen LogP contribution in [0.25, 0.3) is 0 Å². The van der Waals surface area contributed by atoms with E-state index < -0.39 is 5.60 Å². The molecule has 5 unspecified atom stereocenters. The molecule has 3 N–H and O–H groups in total. The molecule has 5 atom stereocenters. The highest BCUT2D eigenvalue weighted by atomic mass is 16.3. The molecule has 0 amide bonds. The highest BCUT2D eigenvalue weighted by Crippen LogP contribution is 2.53. The van der Waals surface area contributed by atoms with Gasteiger partial charge in [0.25, 0.3) is 0 Å². The molecule has 4 nitrogen and oxygen atoms in total. The lowest BCUT2D eigenvalue weighted by molar-refractivity contribution is -0.0904. The molecule has 3 heterocycles. The molecule has 0 aromatic carbocycles. The Labute approximate surface area is 183 Å². The normalized spacial score (nSPS) is 40.9. The molecule has 4 aliphatic rings. The van der Waals surface area contributed by atoms with Crippen molar-refractivity contribution in [3.8, 4) is 0 Å². The lowest BCUT2D eigenvalue weighted by Gasteiger charge is -2.60. The fraction of sp³-hybridized carbons (Fsp3) is 0.769. The average molecular weight is 415 g/mol. The van der Waals surface area contributed by atoms with Crippen LogP contribution in [0.4, 0.5) is 0 Å². The number of aliphatic hydroxyl groups excluding tert-OH is 1. The lowest BCUT2D eigenvalue weighted by Crippen LogP contribution is -2.69. The summed E-state index contributed by atoms with van der Waals surface area (Å²) in [6.45, 7) is 4.35. The third-order valence-electron chi connectivity index (χ3n) is 8.15. The summed E-state index contributed by atoms with van der Waals surface area (Å²) in [4.78, 5) is 2.66. The first-order chi connectivity index (χ1) is 14.7. The van der Waals surface area contributed by atoms with Crippen molar-refractivity contribution in [2.75, 3.05) is 32.8 Å². The smallest absolute Gasteiger partial charge is 0.0992 e. The summed E-state index contributed by atoms with van der Waals surface area (Å²) in [5.74, 6) is 0.367. The minimum Gasteiger partial charge on any atom is -0.392 e. The van der Waals surface area contributed by atoms with E-state index in [9.17, 15) is 10.2 Å². The Morgan fingerprint density at radius 2 is 1.67 bits per heavy atom. The third kappa shape index (κ3) is 4.62. The Kier molecular flexibility index (Phi) is 7.51. The summed E-state index contributed by atoms with van der Waals surface area (Å²) in [5.41, 5.74) is 0.174. The number of nitrogens with zero attached hydrogens (tertiary/aromatic N) is 1. The monoisotopic (exact) mass is 414 g/mol. The highest BCUT2D eigenvalue weighted by Gasteiger charge is 2.58. The molecule has 0 aromatic rings. The molecule has 1 fully saturated rings. The van der Waals surface area contributed by atoms with Crippen molar-refractivity contribution in [1.29, 1.82) is 0 Å². The van der Waals surface area contributed by atoms with Crippen LogP contribution in [0.3, 0.4) is 0 Å². The van der Waals surface area contributed by atoms with Gasteiger partial charge in [-0.2, -0.15) is 0 Å². The molecule has 168 valence electrons. The standard InChI is InChI=1S/C26H42N2O2/c29-20-22-19-26(30)15-10-6-2-4-8-12-17-28-18-13-23(22)25(21-28)14-9-5-1-3-7-11-16-27-24(25)26/h1-2,5-6,19,23-24,27,29-30H,3-4,7-18,20-21H2. The third-order valence-corrected chi connectivity index (χ3v) is 8.15. The van der Waals surface area contributed by atoms with Gasteiger partial charge < -0.3 is 20.4 Å². The van der Waals surface area contributed by atoms with Crippen LogP contribution < -0.4 is 5.32 Å². The van der Waals surface area contributed by atoms with E-state index in [1.54, 1.807) is 0 Å². The number of aliphatic hydroxyl groups is 2. The van der Waals surface area contributed by atoms with Crippen molar-refractivity contribution in [2.45, 2.75) is 82.3 Å². The zero-order valence-corrected chi connectivity index (χ0v) is 18.7. The van der Waals surface area contributed by atoms with E-state index in [1.807, 2.05) is 0 Å². The van der Waals surface area contributed by atoms with Gasteiger partial charge >= 0.3 is 0 Å². The lowest BCUT2D eigenvalue weighted by atomic mass is 9.53. The van der Waals surface area contributed by atoms with Crippen molar-refractivity contribution < 1.29 is 10.2 Å². The van der Waals surface area contributed by atoms with Gasteiger partial charge in [-0.15, -0.1) is 0 Å². The van der Waals surface area contributed by atoms with Gasteiger partial charge in [-0.3, -0.25) is 0 Å². The molecule has 3 bridgehead atoms. The second kappa shape index (κ2) is 10.1. The van der Waals surface area contributed by atoms with E-state index >= 15 is 0 Å². The van der Waals surface area contributed by atoms with Gasteiger partial charge in [0.1, 0.15) is 0 Å². The van der Waals surface area contributed by atoms with Crippen LogP contribution in [0.15, 0.2) is 36.0 Å². The Bertz CT molecular complexity index is 657. The number of allylic oxidation sites excluding steroid dienone is 4. The van der Waals surface area contributed by atoms with E-state index in [-0.39, 0.29) is 18.1 Å². The first-order valence-electron chi connectivity index (χ1n) is 12.5. The van der Waals surface area contributed by atoms with Crippen LogP contribution in [-0.2, 0) is 0 Å². The largest absolute Gasteiger partial charge is 0.392 e. The van der Waals surface area contributed by atoms with E-state index in [4.69, 9.17) is 0 Å². The number of nitrogens with one attached hydrogen (secondary N) is 1. The van der Waals surface area contributed by atoms with Gasteiger partial charge in [0.15, 0.2) is 0 Å². The van der Waals surface area contributed by atoms with E-state index in [2.05, 4.69) is 40.6 Å². The van der Waals surface area contributed by atoms with Crippen LogP contribution >= 0.6 is 0 Å². The van der Waals surface area contributed by atoms with E-state index in [0.29, 0.717) is 5.92 Å². The van der Waals surface area contributed by atoms with Gasteiger partial charge in [-0.1, -0.05) is 24.3 Å². The molecule has 1 aliphatic carbocycles. The highest BCUT2D eigenvalue weighted by molar-refractivity contribution is 5.31. The second-order valence-electron chi connectivity index (χ2n) is 10.1. The Morgan fingerprint density at radius 3 is 2.47 bits per heavy atom. The molecule has 1 spiro atoms.